The molecule has 1 aromatic rings. The summed E-state index contributed by atoms with van der Waals surface area (Å²) in [6.45, 7) is 7.47. The Morgan fingerprint density at radius 1 is 1.38 bits per heavy atom. The second-order valence-electron chi connectivity index (χ2n) is 6.10. The molecule has 2 rings (SSSR count). The second-order valence-corrected chi connectivity index (χ2v) is 8.58. The Balaban J connectivity index is 2.62. The summed E-state index contributed by atoms with van der Waals surface area (Å²) < 4.78 is 0.720. The number of rotatable bonds is 6. The van der Waals surface area contributed by atoms with E-state index >= 15 is 0 Å². The topological polar surface area (TPSA) is 72.6 Å². The number of aliphatic imine (C=N–C) groups is 1. The fourth-order valence-corrected chi connectivity index (χ4v) is 5.38. The zero-order valence-electron chi connectivity index (χ0n) is 14.3. The lowest BCUT2D eigenvalue weighted by atomic mass is 9.72. The van der Waals surface area contributed by atoms with Crippen LogP contribution in [0.15, 0.2) is 29.3 Å². The Morgan fingerprint density at radius 2 is 2.04 bits per heavy atom. The molecule has 0 aliphatic carbocycles. The SMILES string of the molecule is CCSC1=N[C@@](C(C)C)([C@H](C[N+](=O)[O-])c2ccccc2C)C(=O)S1. The number of hydrogen-bond acceptors (Lipinski definition) is 6. The van der Waals surface area contributed by atoms with Crippen LogP contribution in [-0.4, -0.2) is 32.3 Å². The van der Waals surface area contributed by atoms with Gasteiger partial charge in [0.15, 0.2) is 0 Å². The molecular weight excluding hydrogens is 344 g/mol. The third-order valence-corrected chi connectivity index (χ3v) is 6.37. The van der Waals surface area contributed by atoms with Crippen molar-refractivity contribution in [1.29, 1.82) is 0 Å². The van der Waals surface area contributed by atoms with Crippen LogP contribution in [-0.2, 0) is 4.79 Å². The number of benzene rings is 1. The van der Waals surface area contributed by atoms with Gasteiger partial charge in [0.05, 0.1) is 5.92 Å². The number of nitrogens with zero attached hydrogens (tertiary/aromatic N) is 2. The van der Waals surface area contributed by atoms with Crippen molar-refractivity contribution in [2.45, 2.75) is 39.2 Å². The van der Waals surface area contributed by atoms with Crippen LogP contribution < -0.4 is 0 Å². The average Bonchev–Trinajstić information content (AvgIpc) is 2.83. The van der Waals surface area contributed by atoms with Gasteiger partial charge in [0.2, 0.25) is 11.7 Å². The first kappa shape index (κ1) is 19.0. The number of thioether (sulfide) groups is 2. The van der Waals surface area contributed by atoms with Crippen LogP contribution >= 0.6 is 23.5 Å². The summed E-state index contributed by atoms with van der Waals surface area (Å²) in [5.74, 6) is 0.123. The summed E-state index contributed by atoms with van der Waals surface area (Å²) in [6.07, 6.45) is 0. The standard InChI is InChI=1S/C17H22N2O3S2/c1-5-23-16-18-17(11(2)3,15(20)24-16)14(10-19(21)22)13-9-7-6-8-12(13)4/h6-9,11,14H,5,10H2,1-4H3/t14-,17+/m1/s1. The van der Waals surface area contributed by atoms with Gasteiger partial charge in [0.25, 0.3) is 0 Å². The summed E-state index contributed by atoms with van der Waals surface area (Å²) in [6, 6.07) is 7.57. The van der Waals surface area contributed by atoms with Gasteiger partial charge in [-0.3, -0.25) is 19.9 Å². The maximum Gasteiger partial charge on any atom is 0.224 e. The fraction of sp³-hybridized carbons (Fsp3) is 0.529. The van der Waals surface area contributed by atoms with Gasteiger partial charge in [-0.25, -0.2) is 0 Å². The highest BCUT2D eigenvalue weighted by Gasteiger charge is 2.55. The highest BCUT2D eigenvalue weighted by molar-refractivity contribution is 8.45. The molecule has 24 heavy (non-hydrogen) atoms. The van der Waals surface area contributed by atoms with E-state index in [1.165, 1.54) is 11.8 Å². The Bertz CT molecular complexity index is 676. The maximum atomic E-state index is 12.9. The predicted molar refractivity (Wildman–Crippen MR) is 102 cm³/mol. The van der Waals surface area contributed by atoms with Gasteiger partial charge in [-0.05, 0) is 41.5 Å². The lowest BCUT2D eigenvalue weighted by Gasteiger charge is -2.35. The van der Waals surface area contributed by atoms with Crippen molar-refractivity contribution in [1.82, 2.24) is 0 Å². The van der Waals surface area contributed by atoms with Crippen molar-refractivity contribution in [3.63, 3.8) is 0 Å². The summed E-state index contributed by atoms with van der Waals surface area (Å²) in [5, 5.41) is 11.3. The summed E-state index contributed by atoms with van der Waals surface area (Å²) >= 11 is 2.65. The molecule has 0 fully saturated rings. The average molecular weight is 367 g/mol. The lowest BCUT2D eigenvalue weighted by Crippen LogP contribution is -2.47. The largest absolute Gasteiger partial charge is 0.284 e. The first-order chi connectivity index (χ1) is 11.3. The zero-order valence-corrected chi connectivity index (χ0v) is 15.9. The normalized spacial score (nSPS) is 21.9. The number of carbonyl (C=O) groups is 1. The molecule has 0 spiro atoms. The van der Waals surface area contributed by atoms with Crippen LogP contribution in [0.4, 0.5) is 0 Å². The number of aryl methyl sites for hydroxylation is 1. The first-order valence-corrected chi connectivity index (χ1v) is 9.75. The summed E-state index contributed by atoms with van der Waals surface area (Å²) in [7, 11) is 0. The highest BCUT2D eigenvalue weighted by Crippen LogP contribution is 2.48. The van der Waals surface area contributed by atoms with Crippen LogP contribution in [0.25, 0.3) is 0 Å². The molecule has 130 valence electrons. The molecular formula is C17H22N2O3S2. The first-order valence-electron chi connectivity index (χ1n) is 7.95. The minimum Gasteiger partial charge on any atom is -0.284 e. The van der Waals surface area contributed by atoms with Crippen molar-refractivity contribution >= 4 is 33.0 Å². The minimum atomic E-state index is -1.08. The molecule has 1 aliphatic heterocycles. The Hall–Kier alpha value is -1.34. The molecule has 0 amide bonds. The molecule has 1 aromatic carbocycles. The highest BCUT2D eigenvalue weighted by atomic mass is 32.2. The summed E-state index contributed by atoms with van der Waals surface area (Å²) in [5.41, 5.74) is 0.707. The van der Waals surface area contributed by atoms with Crippen molar-refractivity contribution < 1.29 is 9.72 Å². The van der Waals surface area contributed by atoms with Crippen LogP contribution in [0.1, 0.15) is 37.8 Å². The monoisotopic (exact) mass is 366 g/mol. The molecule has 0 saturated heterocycles. The van der Waals surface area contributed by atoms with E-state index in [1.807, 2.05) is 52.0 Å². The van der Waals surface area contributed by atoms with Crippen molar-refractivity contribution in [3.8, 4) is 0 Å². The van der Waals surface area contributed by atoms with Crippen molar-refractivity contribution in [2.24, 2.45) is 10.9 Å². The Labute approximate surface area is 150 Å². The van der Waals surface area contributed by atoms with E-state index < -0.39 is 11.5 Å². The smallest absolute Gasteiger partial charge is 0.224 e. The lowest BCUT2D eigenvalue weighted by molar-refractivity contribution is -0.485. The van der Waals surface area contributed by atoms with E-state index in [1.54, 1.807) is 0 Å². The number of carbonyl (C=O) groups excluding carboxylic acids is 1. The molecule has 0 bridgehead atoms. The van der Waals surface area contributed by atoms with Crippen LogP contribution in [0.5, 0.6) is 0 Å². The molecule has 0 aromatic heterocycles. The van der Waals surface area contributed by atoms with E-state index in [0.717, 1.165) is 33.0 Å². The maximum absolute atomic E-state index is 12.9. The van der Waals surface area contributed by atoms with E-state index in [9.17, 15) is 14.9 Å². The second kappa shape index (κ2) is 7.70. The molecule has 0 saturated carbocycles. The van der Waals surface area contributed by atoms with E-state index in [2.05, 4.69) is 0 Å². The van der Waals surface area contributed by atoms with Gasteiger partial charge in [0, 0.05) is 4.92 Å². The zero-order chi connectivity index (χ0) is 17.9. The van der Waals surface area contributed by atoms with Gasteiger partial charge in [-0.2, -0.15) is 0 Å². The van der Waals surface area contributed by atoms with Crippen molar-refractivity contribution in [3.05, 3.63) is 45.5 Å². The van der Waals surface area contributed by atoms with Gasteiger partial charge >= 0.3 is 0 Å². The van der Waals surface area contributed by atoms with E-state index in [4.69, 9.17) is 4.99 Å². The molecule has 0 radical (unpaired) electrons. The van der Waals surface area contributed by atoms with Crippen LogP contribution in [0.2, 0.25) is 0 Å². The predicted octanol–water partition coefficient (Wildman–Crippen LogP) is 4.13. The number of hydrogen-bond donors (Lipinski definition) is 0. The van der Waals surface area contributed by atoms with Crippen LogP contribution in [0.3, 0.4) is 0 Å². The Kier molecular flexibility index (Phi) is 6.09. The molecule has 0 unspecified atom stereocenters. The van der Waals surface area contributed by atoms with Gasteiger partial charge in [-0.1, -0.05) is 56.8 Å². The van der Waals surface area contributed by atoms with Crippen molar-refractivity contribution in [2.75, 3.05) is 12.3 Å². The quantitative estimate of drug-likeness (QED) is 0.559. The van der Waals surface area contributed by atoms with Gasteiger partial charge < -0.3 is 0 Å². The number of nitro groups is 1. The third-order valence-electron chi connectivity index (χ3n) is 4.36. The fourth-order valence-electron chi connectivity index (χ4n) is 3.15. The van der Waals surface area contributed by atoms with E-state index in [0.29, 0.717) is 0 Å². The van der Waals surface area contributed by atoms with Gasteiger partial charge in [-0.15, -0.1) is 0 Å². The molecule has 5 nitrogen and oxygen atoms in total. The van der Waals surface area contributed by atoms with Gasteiger partial charge in [0.1, 0.15) is 9.91 Å². The van der Waals surface area contributed by atoms with E-state index in [-0.39, 0.29) is 22.5 Å². The minimum absolute atomic E-state index is 0.0800. The Morgan fingerprint density at radius 3 is 2.58 bits per heavy atom. The molecule has 1 aliphatic rings. The molecule has 2 atom stereocenters. The molecule has 7 heteroatoms. The molecule has 1 heterocycles. The third kappa shape index (κ3) is 3.52. The van der Waals surface area contributed by atoms with Crippen LogP contribution in [0, 0.1) is 23.0 Å². The summed E-state index contributed by atoms with van der Waals surface area (Å²) in [4.78, 5) is 28.7. The molecule has 0 N–H and O–H groups in total.